The third-order valence-electron chi connectivity index (χ3n) is 3.75. The summed E-state index contributed by atoms with van der Waals surface area (Å²) in [6.07, 6.45) is 3.72. The summed E-state index contributed by atoms with van der Waals surface area (Å²) in [6.45, 7) is -0.0427. The molecule has 20 heavy (non-hydrogen) atoms. The zero-order valence-electron chi connectivity index (χ0n) is 10.8. The number of aromatic nitrogens is 3. The van der Waals surface area contributed by atoms with Gasteiger partial charge in [0.25, 0.3) is 0 Å². The van der Waals surface area contributed by atoms with Crippen LogP contribution >= 0.6 is 0 Å². The van der Waals surface area contributed by atoms with E-state index in [0.29, 0.717) is 5.69 Å². The van der Waals surface area contributed by atoms with Crippen LogP contribution in [0.1, 0.15) is 23.0 Å². The van der Waals surface area contributed by atoms with Gasteiger partial charge in [-0.2, -0.15) is 0 Å². The smallest absolute Gasteiger partial charge is 0.103 e. The van der Waals surface area contributed by atoms with Crippen molar-refractivity contribution in [1.29, 1.82) is 0 Å². The SMILES string of the molecule is OCc1cccc(C2c3ccccc3-c3cncn32)n1. The average molecular weight is 263 g/mol. The molecule has 0 saturated heterocycles. The third kappa shape index (κ3) is 1.52. The van der Waals surface area contributed by atoms with E-state index in [0.717, 1.165) is 11.4 Å². The molecule has 1 aliphatic heterocycles. The summed E-state index contributed by atoms with van der Waals surface area (Å²) in [5, 5.41) is 9.27. The summed E-state index contributed by atoms with van der Waals surface area (Å²) in [7, 11) is 0. The topological polar surface area (TPSA) is 50.9 Å². The average Bonchev–Trinajstić information content (AvgIpc) is 3.07. The first-order chi connectivity index (χ1) is 9.88. The standard InChI is InChI=1S/C16H13N3O/c20-9-11-4-3-7-14(18-11)16-13-6-2-1-5-12(13)15-8-17-10-19(15)16/h1-8,10,16,20H,9H2. The molecule has 4 rings (SSSR count). The van der Waals surface area contributed by atoms with Gasteiger partial charge in [-0.15, -0.1) is 0 Å². The molecule has 0 amide bonds. The van der Waals surface area contributed by atoms with Gasteiger partial charge in [0.15, 0.2) is 0 Å². The monoisotopic (exact) mass is 263 g/mol. The Morgan fingerprint density at radius 2 is 2.00 bits per heavy atom. The van der Waals surface area contributed by atoms with Gasteiger partial charge in [0.2, 0.25) is 0 Å². The number of rotatable bonds is 2. The molecule has 3 aromatic rings. The molecule has 1 aliphatic rings. The van der Waals surface area contributed by atoms with Gasteiger partial charge in [0.05, 0.1) is 36.2 Å². The zero-order valence-corrected chi connectivity index (χ0v) is 10.8. The first-order valence-corrected chi connectivity index (χ1v) is 6.56. The van der Waals surface area contributed by atoms with Gasteiger partial charge in [-0.1, -0.05) is 30.3 Å². The highest BCUT2D eigenvalue weighted by Gasteiger charge is 2.30. The minimum Gasteiger partial charge on any atom is -0.390 e. The van der Waals surface area contributed by atoms with E-state index in [9.17, 15) is 5.11 Å². The Morgan fingerprint density at radius 1 is 1.10 bits per heavy atom. The van der Waals surface area contributed by atoms with Gasteiger partial charge in [0.1, 0.15) is 6.04 Å². The summed E-state index contributed by atoms with van der Waals surface area (Å²) in [6, 6.07) is 14.1. The summed E-state index contributed by atoms with van der Waals surface area (Å²) in [5.41, 5.74) is 5.16. The normalized spacial score (nSPS) is 15.9. The van der Waals surface area contributed by atoms with E-state index in [1.54, 1.807) is 0 Å². The van der Waals surface area contributed by atoms with Crippen molar-refractivity contribution in [3.63, 3.8) is 0 Å². The van der Waals surface area contributed by atoms with E-state index < -0.39 is 0 Å². The highest BCUT2D eigenvalue weighted by molar-refractivity contribution is 5.70. The molecule has 0 aliphatic carbocycles. The zero-order chi connectivity index (χ0) is 13.5. The van der Waals surface area contributed by atoms with Gasteiger partial charge in [-0.05, 0) is 17.7 Å². The lowest BCUT2D eigenvalue weighted by Crippen LogP contribution is -2.09. The third-order valence-corrected chi connectivity index (χ3v) is 3.75. The number of nitrogens with zero attached hydrogens (tertiary/aromatic N) is 3. The Kier molecular flexibility index (Phi) is 2.44. The van der Waals surface area contributed by atoms with Crippen molar-refractivity contribution >= 4 is 0 Å². The van der Waals surface area contributed by atoms with Gasteiger partial charge in [0, 0.05) is 5.56 Å². The predicted octanol–water partition coefficient (Wildman–Crippen LogP) is 2.39. The quantitative estimate of drug-likeness (QED) is 0.604. The summed E-state index contributed by atoms with van der Waals surface area (Å²) in [5.74, 6) is 0. The van der Waals surface area contributed by atoms with Gasteiger partial charge in [-0.25, -0.2) is 4.98 Å². The number of aliphatic hydroxyl groups is 1. The highest BCUT2D eigenvalue weighted by Crippen LogP contribution is 2.41. The summed E-state index contributed by atoms with van der Waals surface area (Å²) >= 11 is 0. The Morgan fingerprint density at radius 3 is 2.90 bits per heavy atom. The second kappa shape index (κ2) is 4.28. The van der Waals surface area contributed by atoms with Crippen LogP contribution < -0.4 is 0 Å². The fourth-order valence-corrected chi connectivity index (χ4v) is 2.88. The maximum Gasteiger partial charge on any atom is 0.103 e. The predicted molar refractivity (Wildman–Crippen MR) is 75.1 cm³/mol. The number of benzene rings is 1. The van der Waals surface area contributed by atoms with Crippen LogP contribution in [-0.4, -0.2) is 19.6 Å². The summed E-state index contributed by atoms with van der Waals surface area (Å²) in [4.78, 5) is 8.80. The Labute approximate surface area is 116 Å². The molecular formula is C16H13N3O. The van der Waals surface area contributed by atoms with Crippen molar-refractivity contribution in [2.45, 2.75) is 12.6 Å². The first-order valence-electron chi connectivity index (χ1n) is 6.56. The van der Waals surface area contributed by atoms with Crippen LogP contribution in [0.3, 0.4) is 0 Å². The van der Waals surface area contributed by atoms with Crippen LogP contribution in [0.2, 0.25) is 0 Å². The van der Waals surface area contributed by atoms with Crippen LogP contribution in [-0.2, 0) is 6.61 Å². The van der Waals surface area contributed by atoms with Gasteiger partial charge >= 0.3 is 0 Å². The fraction of sp³-hybridized carbons (Fsp3) is 0.125. The number of pyridine rings is 1. The Balaban J connectivity index is 1.94. The van der Waals surface area contributed by atoms with Crippen LogP contribution in [0, 0.1) is 0 Å². The van der Waals surface area contributed by atoms with Crippen molar-refractivity contribution in [3.8, 4) is 11.3 Å². The van der Waals surface area contributed by atoms with E-state index in [-0.39, 0.29) is 12.6 Å². The van der Waals surface area contributed by atoms with E-state index in [2.05, 4.69) is 26.7 Å². The lowest BCUT2D eigenvalue weighted by molar-refractivity contribution is 0.276. The Bertz CT molecular complexity index is 779. The molecule has 98 valence electrons. The number of imidazole rings is 1. The van der Waals surface area contributed by atoms with Crippen LogP contribution in [0.4, 0.5) is 0 Å². The van der Waals surface area contributed by atoms with Crippen molar-refractivity contribution < 1.29 is 5.11 Å². The molecule has 1 unspecified atom stereocenters. The van der Waals surface area contributed by atoms with E-state index in [1.165, 1.54) is 11.1 Å². The van der Waals surface area contributed by atoms with Crippen LogP contribution in [0.15, 0.2) is 55.0 Å². The van der Waals surface area contributed by atoms with E-state index >= 15 is 0 Å². The van der Waals surface area contributed by atoms with Crippen LogP contribution in [0.25, 0.3) is 11.3 Å². The lowest BCUT2D eigenvalue weighted by atomic mass is 10.0. The molecule has 3 heterocycles. The van der Waals surface area contributed by atoms with Gasteiger partial charge < -0.3 is 9.67 Å². The van der Waals surface area contributed by atoms with E-state index in [4.69, 9.17) is 0 Å². The molecule has 0 bridgehead atoms. The minimum absolute atomic E-state index is 0.0372. The second-order valence-electron chi connectivity index (χ2n) is 4.89. The molecule has 1 atom stereocenters. The number of fused-ring (bicyclic) bond motifs is 3. The van der Waals surface area contributed by atoms with Crippen molar-refractivity contribution in [3.05, 3.63) is 71.9 Å². The largest absolute Gasteiger partial charge is 0.390 e. The van der Waals surface area contributed by atoms with Crippen LogP contribution in [0.5, 0.6) is 0 Å². The number of aliphatic hydroxyl groups excluding tert-OH is 1. The highest BCUT2D eigenvalue weighted by atomic mass is 16.3. The minimum atomic E-state index is -0.0427. The van der Waals surface area contributed by atoms with E-state index in [1.807, 2.05) is 42.9 Å². The number of hydrogen-bond donors (Lipinski definition) is 1. The van der Waals surface area contributed by atoms with Crippen molar-refractivity contribution in [1.82, 2.24) is 14.5 Å². The molecule has 1 aromatic carbocycles. The molecule has 0 fully saturated rings. The molecule has 1 N–H and O–H groups in total. The maximum absolute atomic E-state index is 9.27. The van der Waals surface area contributed by atoms with Crippen molar-refractivity contribution in [2.24, 2.45) is 0 Å². The Hall–Kier alpha value is -2.46. The molecule has 2 aromatic heterocycles. The van der Waals surface area contributed by atoms with Gasteiger partial charge in [-0.3, -0.25) is 4.98 Å². The maximum atomic E-state index is 9.27. The second-order valence-corrected chi connectivity index (χ2v) is 4.89. The molecule has 0 radical (unpaired) electrons. The number of hydrogen-bond acceptors (Lipinski definition) is 3. The first kappa shape index (κ1) is 11.4. The molecule has 4 nitrogen and oxygen atoms in total. The lowest BCUT2D eigenvalue weighted by Gasteiger charge is -2.14. The molecule has 0 spiro atoms. The van der Waals surface area contributed by atoms with Crippen molar-refractivity contribution in [2.75, 3.05) is 0 Å². The molecule has 0 saturated carbocycles. The molecular weight excluding hydrogens is 250 g/mol. The summed E-state index contributed by atoms with van der Waals surface area (Å²) < 4.78 is 2.13. The fourth-order valence-electron chi connectivity index (χ4n) is 2.88. The molecule has 4 heteroatoms.